The first-order chi connectivity index (χ1) is 16.0. The highest BCUT2D eigenvalue weighted by Crippen LogP contribution is 2.25. The summed E-state index contributed by atoms with van der Waals surface area (Å²) < 4.78 is 1.48. The summed E-state index contributed by atoms with van der Waals surface area (Å²) in [6.45, 7) is 5.94. The van der Waals surface area contributed by atoms with Gasteiger partial charge in [-0.05, 0) is 49.0 Å². The third-order valence-corrected chi connectivity index (χ3v) is 5.97. The predicted molar refractivity (Wildman–Crippen MR) is 129 cm³/mol. The zero-order valence-corrected chi connectivity index (χ0v) is 18.9. The molecule has 3 heterocycles. The lowest BCUT2D eigenvalue weighted by Gasteiger charge is -2.32. The summed E-state index contributed by atoms with van der Waals surface area (Å²) >= 11 is 0. The van der Waals surface area contributed by atoms with Crippen LogP contribution in [0.4, 0.5) is 5.82 Å². The highest BCUT2D eigenvalue weighted by Gasteiger charge is 2.24. The monoisotopic (exact) mass is 441 g/mol. The van der Waals surface area contributed by atoms with Gasteiger partial charge < -0.3 is 10.2 Å². The lowest BCUT2D eigenvalue weighted by atomic mass is 10.00. The second-order valence-corrected chi connectivity index (χ2v) is 8.57. The minimum Gasteiger partial charge on any atom is -0.356 e. The van der Waals surface area contributed by atoms with E-state index in [-0.39, 0.29) is 16.7 Å². The quantitative estimate of drug-likeness (QED) is 0.484. The molecule has 0 aliphatic carbocycles. The molecule has 0 saturated carbocycles. The normalized spacial score (nSPS) is 16.5. The van der Waals surface area contributed by atoms with Gasteiger partial charge >= 0.3 is 0 Å². The van der Waals surface area contributed by atoms with Crippen molar-refractivity contribution in [2.75, 3.05) is 18.0 Å². The van der Waals surface area contributed by atoms with E-state index in [0.717, 1.165) is 37.1 Å². The molecule has 1 fully saturated rings. The second-order valence-electron chi connectivity index (χ2n) is 8.57. The van der Waals surface area contributed by atoms with Crippen LogP contribution >= 0.6 is 0 Å². The largest absolute Gasteiger partial charge is 0.356 e. The fourth-order valence-electron chi connectivity index (χ4n) is 4.22. The molecule has 2 aromatic heterocycles. The summed E-state index contributed by atoms with van der Waals surface area (Å²) in [5.41, 5.74) is 2.24. The van der Waals surface area contributed by atoms with E-state index < -0.39 is 5.91 Å². The molecule has 168 valence electrons. The van der Waals surface area contributed by atoms with Crippen molar-refractivity contribution >= 4 is 23.4 Å². The topological polar surface area (TPSA) is 90.5 Å². The summed E-state index contributed by atoms with van der Waals surface area (Å²) in [5.74, 6) is 0.481. The molecule has 1 N–H and O–H groups in total. The van der Waals surface area contributed by atoms with Crippen LogP contribution in [0.5, 0.6) is 0 Å². The molecule has 0 bridgehead atoms. The highest BCUT2D eigenvalue weighted by molar-refractivity contribution is 6.02. The molecule has 7 heteroatoms. The molecule has 3 aromatic rings. The fraction of sp³-hybridized carbons (Fsp3) is 0.308. The number of rotatable bonds is 5. The van der Waals surface area contributed by atoms with Gasteiger partial charge in [-0.3, -0.25) is 14.0 Å². The van der Waals surface area contributed by atoms with Crippen molar-refractivity contribution in [1.82, 2.24) is 14.7 Å². The Hall–Kier alpha value is -3.92. The fourth-order valence-corrected chi connectivity index (χ4v) is 4.22. The standard InChI is InChI=1S/C26H27N5O2/c1-18-8-6-12-30(17-18)24-22(26(33)31-13-7-9-19(2)23(31)29-24)14-21(15-27)25(32)28-16-20-10-4-3-5-11-20/h3-5,7,9-11,13-14,18H,6,8,12,16-17H2,1-2H3,(H,28,32)/b21-14+/t18-/m0/s1. The molecule has 1 saturated heterocycles. The maximum Gasteiger partial charge on any atom is 0.267 e. The second kappa shape index (κ2) is 9.70. The molecular formula is C26H27N5O2. The number of nitriles is 1. The average Bonchev–Trinajstić information content (AvgIpc) is 2.83. The molecule has 1 amide bonds. The van der Waals surface area contributed by atoms with Gasteiger partial charge in [0.25, 0.3) is 11.5 Å². The highest BCUT2D eigenvalue weighted by atomic mass is 16.1. The van der Waals surface area contributed by atoms with Crippen LogP contribution in [-0.4, -0.2) is 28.4 Å². The molecule has 1 aliphatic rings. The Morgan fingerprint density at radius 1 is 1.27 bits per heavy atom. The number of nitrogens with one attached hydrogen (secondary N) is 1. The first-order valence-electron chi connectivity index (χ1n) is 11.2. The molecule has 0 spiro atoms. The molecule has 1 atom stereocenters. The zero-order chi connectivity index (χ0) is 23.4. The van der Waals surface area contributed by atoms with E-state index in [1.165, 1.54) is 10.5 Å². The number of carbonyl (C=O) groups excluding carboxylic acids is 1. The summed E-state index contributed by atoms with van der Waals surface area (Å²) in [4.78, 5) is 33.2. The predicted octanol–water partition coefficient (Wildman–Crippen LogP) is 3.46. The van der Waals surface area contributed by atoms with Crippen molar-refractivity contribution < 1.29 is 4.79 Å². The van der Waals surface area contributed by atoms with E-state index in [1.807, 2.05) is 49.4 Å². The SMILES string of the molecule is Cc1cccn2c(=O)c(/C=C(\C#N)C(=O)NCc3ccccc3)c(N3CCC[C@H](C)C3)nc12. The number of aromatic nitrogens is 2. The minimum atomic E-state index is -0.520. The number of hydrogen-bond acceptors (Lipinski definition) is 5. The summed E-state index contributed by atoms with van der Waals surface area (Å²) in [7, 11) is 0. The van der Waals surface area contributed by atoms with E-state index in [4.69, 9.17) is 4.98 Å². The Morgan fingerprint density at radius 3 is 2.79 bits per heavy atom. The number of anilines is 1. The molecule has 1 aromatic carbocycles. The first kappa shape index (κ1) is 22.3. The van der Waals surface area contributed by atoms with Crippen molar-refractivity contribution in [3.63, 3.8) is 0 Å². The van der Waals surface area contributed by atoms with E-state index in [9.17, 15) is 14.9 Å². The number of amides is 1. The van der Waals surface area contributed by atoms with Crippen LogP contribution in [-0.2, 0) is 11.3 Å². The number of aryl methyl sites for hydroxylation is 1. The third kappa shape index (κ3) is 4.80. The third-order valence-electron chi connectivity index (χ3n) is 5.97. The Bertz CT molecular complexity index is 1300. The van der Waals surface area contributed by atoms with Gasteiger partial charge in [-0.1, -0.05) is 43.3 Å². The minimum absolute atomic E-state index is 0.122. The van der Waals surface area contributed by atoms with Gasteiger partial charge in [0.1, 0.15) is 23.1 Å². The smallest absolute Gasteiger partial charge is 0.267 e. The number of fused-ring (bicyclic) bond motifs is 1. The van der Waals surface area contributed by atoms with Gasteiger partial charge in [0.2, 0.25) is 0 Å². The van der Waals surface area contributed by atoms with E-state index in [2.05, 4.69) is 17.1 Å². The molecule has 7 nitrogen and oxygen atoms in total. The number of benzene rings is 1. The van der Waals surface area contributed by atoms with Gasteiger partial charge in [0, 0.05) is 25.8 Å². The molecule has 0 unspecified atom stereocenters. The maximum absolute atomic E-state index is 13.5. The summed E-state index contributed by atoms with van der Waals surface area (Å²) in [5, 5.41) is 12.5. The lowest BCUT2D eigenvalue weighted by Crippen LogP contribution is -2.37. The van der Waals surface area contributed by atoms with E-state index in [0.29, 0.717) is 23.9 Å². The van der Waals surface area contributed by atoms with Crippen molar-refractivity contribution in [1.29, 1.82) is 5.26 Å². The van der Waals surface area contributed by atoms with Gasteiger partial charge in [0.05, 0.1) is 5.56 Å². The number of pyridine rings is 1. The molecule has 4 rings (SSSR count). The summed E-state index contributed by atoms with van der Waals surface area (Å²) in [6, 6.07) is 15.1. The van der Waals surface area contributed by atoms with Crippen LogP contribution in [0.15, 0.2) is 59.0 Å². The van der Waals surface area contributed by atoms with Crippen LogP contribution < -0.4 is 15.8 Å². The Kier molecular flexibility index (Phi) is 6.55. The Balaban J connectivity index is 1.77. The summed E-state index contributed by atoms with van der Waals surface area (Å²) in [6.07, 6.45) is 5.18. The lowest BCUT2D eigenvalue weighted by molar-refractivity contribution is -0.117. The van der Waals surface area contributed by atoms with E-state index >= 15 is 0 Å². The van der Waals surface area contributed by atoms with Gasteiger partial charge in [0.15, 0.2) is 0 Å². The Morgan fingerprint density at radius 2 is 2.06 bits per heavy atom. The first-order valence-corrected chi connectivity index (χ1v) is 11.2. The number of nitrogens with zero attached hydrogens (tertiary/aromatic N) is 4. The van der Waals surface area contributed by atoms with Crippen molar-refractivity contribution in [3.05, 3.63) is 81.3 Å². The van der Waals surface area contributed by atoms with Crippen molar-refractivity contribution in [2.45, 2.75) is 33.2 Å². The van der Waals surface area contributed by atoms with Gasteiger partial charge in [-0.25, -0.2) is 4.98 Å². The van der Waals surface area contributed by atoms with Crippen LogP contribution in [0.1, 0.15) is 36.5 Å². The van der Waals surface area contributed by atoms with Gasteiger partial charge in [-0.2, -0.15) is 5.26 Å². The zero-order valence-electron chi connectivity index (χ0n) is 18.9. The van der Waals surface area contributed by atoms with Crippen molar-refractivity contribution in [3.8, 4) is 6.07 Å². The van der Waals surface area contributed by atoms with E-state index in [1.54, 1.807) is 12.3 Å². The van der Waals surface area contributed by atoms with Gasteiger partial charge in [-0.15, -0.1) is 0 Å². The average molecular weight is 442 g/mol. The molecule has 33 heavy (non-hydrogen) atoms. The molecule has 1 aliphatic heterocycles. The molecular weight excluding hydrogens is 414 g/mol. The molecule has 0 radical (unpaired) electrons. The maximum atomic E-state index is 13.5. The van der Waals surface area contributed by atoms with Crippen LogP contribution in [0, 0.1) is 24.2 Å². The van der Waals surface area contributed by atoms with Crippen LogP contribution in [0.2, 0.25) is 0 Å². The number of carbonyl (C=O) groups is 1. The van der Waals surface area contributed by atoms with Crippen molar-refractivity contribution in [2.24, 2.45) is 5.92 Å². The Labute approximate surface area is 193 Å². The number of hydrogen-bond donors (Lipinski definition) is 1. The van der Waals surface area contributed by atoms with Crippen LogP contribution in [0.25, 0.3) is 11.7 Å². The van der Waals surface area contributed by atoms with Crippen LogP contribution in [0.3, 0.4) is 0 Å². The number of piperidine rings is 1.